The van der Waals surface area contributed by atoms with E-state index in [4.69, 9.17) is 13.0 Å². The predicted octanol–water partition coefficient (Wildman–Crippen LogP) is 3.45. The van der Waals surface area contributed by atoms with E-state index in [1.165, 1.54) is 5.56 Å². The zero-order valence-corrected chi connectivity index (χ0v) is 12.8. The van der Waals surface area contributed by atoms with Crippen LogP contribution >= 0.6 is 0 Å². The van der Waals surface area contributed by atoms with Crippen molar-refractivity contribution in [3.05, 3.63) is 66.2 Å². The van der Waals surface area contributed by atoms with E-state index in [2.05, 4.69) is 19.1 Å². The van der Waals surface area contributed by atoms with Crippen LogP contribution in [0.15, 0.2) is 60.7 Å². The van der Waals surface area contributed by atoms with Crippen molar-refractivity contribution < 1.29 is 43.2 Å². The molecule has 118 valence electrons. The van der Waals surface area contributed by atoms with Crippen molar-refractivity contribution in [2.75, 3.05) is 0 Å². The first-order chi connectivity index (χ1) is 9.14. The number of benzene rings is 1. The van der Waals surface area contributed by atoms with Crippen molar-refractivity contribution in [1.82, 2.24) is 0 Å². The second kappa shape index (κ2) is 10.5. The van der Waals surface area contributed by atoms with Crippen LogP contribution in [0.5, 0.6) is 0 Å². The Bertz CT molecular complexity index is 535. The van der Waals surface area contributed by atoms with Crippen LogP contribution in [0.1, 0.15) is 5.56 Å². The molecule has 0 amide bonds. The summed E-state index contributed by atoms with van der Waals surface area (Å²) < 4.78 is 58.9. The van der Waals surface area contributed by atoms with Crippen LogP contribution < -0.4 is 0 Å². The van der Waals surface area contributed by atoms with Crippen molar-refractivity contribution in [3.8, 4) is 0 Å². The smallest absolute Gasteiger partial charge is 0.741 e. The molecular weight excluding hydrogens is 349 g/mol. The van der Waals surface area contributed by atoms with Crippen molar-refractivity contribution in [2.24, 2.45) is 0 Å². The molecule has 0 atom stereocenters. The zero-order chi connectivity index (χ0) is 15.6. The maximum atomic E-state index is 10.7. The molecule has 0 unspecified atom stereocenters. The summed E-state index contributed by atoms with van der Waals surface area (Å²) in [4.78, 5) is 0. The number of alkyl halides is 3. The molecule has 0 aliphatic rings. The minimum Gasteiger partial charge on any atom is -0.741 e. The summed E-state index contributed by atoms with van der Waals surface area (Å²) >= 11 is 0. The molecule has 0 aliphatic heterocycles. The van der Waals surface area contributed by atoms with Gasteiger partial charge in [-0.3, -0.25) is 0 Å². The monoisotopic (exact) mass is 362 g/mol. The van der Waals surface area contributed by atoms with Gasteiger partial charge in [-0.1, -0.05) is 35.9 Å². The van der Waals surface area contributed by atoms with E-state index in [-0.39, 0.29) is 17.1 Å². The van der Waals surface area contributed by atoms with Crippen LogP contribution in [-0.4, -0.2) is 18.5 Å². The average molecular weight is 362 g/mol. The molecule has 0 fully saturated rings. The van der Waals surface area contributed by atoms with Crippen LogP contribution in [0.2, 0.25) is 0 Å². The van der Waals surface area contributed by atoms with Gasteiger partial charge >= 0.3 is 22.6 Å². The van der Waals surface area contributed by atoms with E-state index in [0.717, 1.165) is 0 Å². The summed E-state index contributed by atoms with van der Waals surface area (Å²) in [6, 6.07) is 20.3. The van der Waals surface area contributed by atoms with E-state index in [9.17, 15) is 13.2 Å². The Kier molecular flexibility index (Phi) is 11.0. The fourth-order valence-corrected chi connectivity index (χ4v) is 0.855. The largest absolute Gasteiger partial charge is 2.00 e. The summed E-state index contributed by atoms with van der Waals surface area (Å²) in [5.74, 6) is 0. The molecule has 0 bridgehead atoms. The summed E-state index contributed by atoms with van der Waals surface area (Å²) in [6.45, 7) is 2.08. The average Bonchev–Trinajstić information content (AvgIpc) is 2.86. The van der Waals surface area contributed by atoms with Crippen LogP contribution in [-0.2, 0) is 27.2 Å². The molecule has 0 N–H and O–H groups in total. The van der Waals surface area contributed by atoms with Crippen molar-refractivity contribution >= 4 is 10.1 Å². The number of halogens is 3. The molecule has 2 rings (SSSR count). The predicted molar refractivity (Wildman–Crippen MR) is 69.0 cm³/mol. The van der Waals surface area contributed by atoms with Gasteiger partial charge in [-0.15, -0.1) is 0 Å². The van der Waals surface area contributed by atoms with Gasteiger partial charge in [0.1, 0.15) is 0 Å². The summed E-state index contributed by atoms with van der Waals surface area (Å²) in [5, 5.41) is 0. The second-order valence-electron chi connectivity index (χ2n) is 3.52. The van der Waals surface area contributed by atoms with Gasteiger partial charge in [0.25, 0.3) is 0 Å². The van der Waals surface area contributed by atoms with Gasteiger partial charge in [0.05, 0.1) is 0 Å². The Labute approximate surface area is 132 Å². The number of hydrogen-bond acceptors (Lipinski definition) is 3. The van der Waals surface area contributed by atoms with E-state index in [0.29, 0.717) is 0 Å². The maximum absolute atomic E-state index is 10.7. The Morgan fingerprint density at radius 1 is 1.00 bits per heavy atom. The molecular formula is C13H13F3FeO3S. The second-order valence-corrected chi connectivity index (χ2v) is 4.89. The normalized spacial score (nSPS) is 10.1. The van der Waals surface area contributed by atoms with Gasteiger partial charge in [0, 0.05) is 0 Å². The topological polar surface area (TPSA) is 57.2 Å². The van der Waals surface area contributed by atoms with Crippen LogP contribution in [0.3, 0.4) is 0 Å². The van der Waals surface area contributed by atoms with E-state index < -0.39 is 15.6 Å². The number of rotatable bonds is 0. The Hall–Kier alpha value is -1.21. The van der Waals surface area contributed by atoms with E-state index in [1.54, 1.807) is 0 Å². The minimum atomic E-state index is -6.09. The summed E-state index contributed by atoms with van der Waals surface area (Å²) in [7, 11) is -6.09. The third-order valence-electron chi connectivity index (χ3n) is 1.78. The van der Waals surface area contributed by atoms with Crippen LogP contribution in [0.25, 0.3) is 0 Å². The van der Waals surface area contributed by atoms with E-state index >= 15 is 0 Å². The summed E-state index contributed by atoms with van der Waals surface area (Å²) in [5.41, 5.74) is -4.32. The molecule has 0 saturated carbocycles. The Morgan fingerprint density at radius 3 is 1.52 bits per heavy atom. The fraction of sp³-hybridized carbons (Fsp3) is 0.154. The third kappa shape index (κ3) is 12.3. The van der Waals surface area contributed by atoms with E-state index in [1.807, 2.05) is 48.5 Å². The SMILES string of the molecule is Cc1ccccc1.O=S(=O)([O-])C(F)(F)F.[Fe+2].c1cc[cH-]c1. The van der Waals surface area contributed by atoms with Gasteiger partial charge in [-0.05, 0) is 6.92 Å². The van der Waals surface area contributed by atoms with Crippen molar-refractivity contribution in [3.63, 3.8) is 0 Å². The molecule has 8 heteroatoms. The van der Waals surface area contributed by atoms with Gasteiger partial charge in [-0.25, -0.2) is 20.6 Å². The first kappa shape index (κ1) is 22.1. The molecule has 0 aliphatic carbocycles. The first-order valence-corrected chi connectivity index (χ1v) is 6.76. The van der Waals surface area contributed by atoms with Gasteiger partial charge < -0.3 is 4.55 Å². The zero-order valence-electron chi connectivity index (χ0n) is 10.9. The van der Waals surface area contributed by atoms with Gasteiger partial charge in [0.15, 0.2) is 10.1 Å². The minimum absolute atomic E-state index is 0. The molecule has 0 heterocycles. The van der Waals surface area contributed by atoms with Gasteiger partial charge in [-0.2, -0.15) is 31.4 Å². The molecule has 3 nitrogen and oxygen atoms in total. The summed E-state index contributed by atoms with van der Waals surface area (Å²) in [6.07, 6.45) is 0. The van der Waals surface area contributed by atoms with Crippen LogP contribution in [0.4, 0.5) is 13.2 Å². The Morgan fingerprint density at radius 2 is 1.38 bits per heavy atom. The number of hydrogen-bond donors (Lipinski definition) is 0. The number of aryl methyl sites for hydroxylation is 1. The quantitative estimate of drug-likeness (QED) is 0.312. The molecule has 0 spiro atoms. The molecule has 2 aromatic rings. The van der Waals surface area contributed by atoms with Crippen molar-refractivity contribution in [2.45, 2.75) is 12.4 Å². The molecule has 21 heavy (non-hydrogen) atoms. The third-order valence-corrected chi connectivity index (χ3v) is 2.35. The fourth-order valence-electron chi connectivity index (χ4n) is 0.855. The van der Waals surface area contributed by atoms with Crippen LogP contribution in [0, 0.1) is 6.92 Å². The molecule has 0 aromatic heterocycles. The Balaban J connectivity index is 0. The maximum Gasteiger partial charge on any atom is 2.00 e. The molecule has 0 saturated heterocycles. The first-order valence-electron chi connectivity index (χ1n) is 5.35. The molecule has 0 radical (unpaired) electrons. The van der Waals surface area contributed by atoms with Gasteiger partial charge in [0.2, 0.25) is 0 Å². The van der Waals surface area contributed by atoms with Crippen molar-refractivity contribution in [1.29, 1.82) is 0 Å². The standard InChI is InChI=1S/C7H8.C5H5.CHF3O3S.Fe/c1-7-5-3-2-4-6-7;1-2-4-5-3-1;2-1(3,4)8(5,6)7;/h2-6H,1H3;1-5H;(H,5,6,7);/q;-1;;+2/p-1. The molecule has 2 aromatic carbocycles.